The fraction of sp³-hybridized carbons (Fsp3) is 0.412. The van der Waals surface area contributed by atoms with Crippen molar-refractivity contribution in [3.63, 3.8) is 0 Å². The van der Waals surface area contributed by atoms with E-state index in [9.17, 15) is 8.42 Å². The summed E-state index contributed by atoms with van der Waals surface area (Å²) in [5.41, 5.74) is 0.779. The molecule has 3 rings (SSSR count). The van der Waals surface area contributed by atoms with E-state index in [0.717, 1.165) is 22.9 Å². The molecule has 1 aromatic carbocycles. The lowest BCUT2D eigenvalue weighted by Gasteiger charge is -2.31. The molecule has 26 heavy (non-hydrogen) atoms. The molecule has 0 saturated carbocycles. The number of sulfonamides is 1. The van der Waals surface area contributed by atoms with Crippen LogP contribution in [-0.2, 0) is 10.0 Å². The summed E-state index contributed by atoms with van der Waals surface area (Å²) in [5.74, 6) is 0.663. The molecule has 1 saturated heterocycles. The third kappa shape index (κ3) is 4.16. The van der Waals surface area contributed by atoms with Gasteiger partial charge in [-0.25, -0.2) is 18.4 Å². The number of nitrogens with zero attached hydrogens (tertiary/aromatic N) is 3. The Balaban J connectivity index is 1.75. The standard InChI is InChI=1S/C17H20BrN3O4S/c1-12-8-15(5-6-16(12)24-2)26(22,23)21-7-3-4-14(11-21)25-17-19-9-13(18)10-20-17/h5-6,8-10,14H,3-4,7,11H2,1-2H3. The van der Waals surface area contributed by atoms with Gasteiger partial charge in [-0.15, -0.1) is 0 Å². The average Bonchev–Trinajstić information content (AvgIpc) is 2.64. The van der Waals surface area contributed by atoms with Crippen molar-refractivity contribution in [2.75, 3.05) is 20.2 Å². The Labute approximate surface area is 161 Å². The molecular weight excluding hydrogens is 422 g/mol. The fourth-order valence-electron chi connectivity index (χ4n) is 2.89. The van der Waals surface area contributed by atoms with Gasteiger partial charge in [0.25, 0.3) is 0 Å². The number of aryl methyl sites for hydroxylation is 1. The maximum Gasteiger partial charge on any atom is 0.316 e. The minimum absolute atomic E-state index is 0.248. The van der Waals surface area contributed by atoms with Gasteiger partial charge in [0, 0.05) is 18.9 Å². The van der Waals surface area contributed by atoms with Crippen LogP contribution in [0, 0.1) is 6.92 Å². The fourth-order valence-corrected chi connectivity index (χ4v) is 4.69. The third-order valence-electron chi connectivity index (χ3n) is 4.21. The molecule has 7 nitrogen and oxygen atoms in total. The van der Waals surface area contributed by atoms with Gasteiger partial charge in [-0.2, -0.15) is 4.31 Å². The number of aromatic nitrogens is 2. The lowest BCUT2D eigenvalue weighted by atomic mass is 10.1. The largest absolute Gasteiger partial charge is 0.496 e. The van der Waals surface area contributed by atoms with Crippen LogP contribution in [0.1, 0.15) is 18.4 Å². The molecule has 1 atom stereocenters. The highest BCUT2D eigenvalue weighted by Crippen LogP contribution is 2.26. The SMILES string of the molecule is COc1ccc(S(=O)(=O)N2CCCC(Oc3ncc(Br)cn3)C2)cc1C. The molecule has 0 radical (unpaired) electrons. The zero-order valence-electron chi connectivity index (χ0n) is 14.6. The molecule has 0 N–H and O–H groups in total. The minimum atomic E-state index is -3.59. The lowest BCUT2D eigenvalue weighted by Crippen LogP contribution is -2.44. The van der Waals surface area contributed by atoms with Gasteiger partial charge in [-0.1, -0.05) is 0 Å². The summed E-state index contributed by atoms with van der Waals surface area (Å²) >= 11 is 3.27. The molecule has 9 heteroatoms. The molecule has 1 aromatic heterocycles. The summed E-state index contributed by atoms with van der Waals surface area (Å²) in [6.45, 7) is 2.56. The topological polar surface area (TPSA) is 81.6 Å². The predicted octanol–water partition coefficient (Wildman–Crippen LogP) is 2.79. The van der Waals surface area contributed by atoms with E-state index in [1.165, 1.54) is 4.31 Å². The Bertz CT molecular complexity index is 874. The Kier molecular flexibility index (Phi) is 5.79. The smallest absolute Gasteiger partial charge is 0.316 e. The Hall–Kier alpha value is -1.71. The van der Waals surface area contributed by atoms with E-state index in [2.05, 4.69) is 25.9 Å². The van der Waals surface area contributed by atoms with Crippen LogP contribution >= 0.6 is 15.9 Å². The van der Waals surface area contributed by atoms with Gasteiger partial charge in [-0.3, -0.25) is 0 Å². The molecule has 2 heterocycles. The number of piperidine rings is 1. The van der Waals surface area contributed by atoms with E-state index >= 15 is 0 Å². The Morgan fingerprint density at radius 3 is 2.65 bits per heavy atom. The first-order valence-corrected chi connectivity index (χ1v) is 10.4. The molecule has 1 fully saturated rings. The van der Waals surface area contributed by atoms with Gasteiger partial charge in [-0.05, 0) is 59.5 Å². The predicted molar refractivity (Wildman–Crippen MR) is 99.9 cm³/mol. The van der Waals surface area contributed by atoms with Crippen LogP contribution in [0.15, 0.2) is 40.0 Å². The van der Waals surface area contributed by atoms with Crippen molar-refractivity contribution >= 4 is 26.0 Å². The van der Waals surface area contributed by atoms with Crippen LogP contribution in [0.3, 0.4) is 0 Å². The second-order valence-corrected chi connectivity index (χ2v) is 8.91. The van der Waals surface area contributed by atoms with Crippen molar-refractivity contribution in [3.8, 4) is 11.8 Å². The molecular formula is C17H20BrN3O4S. The summed E-state index contributed by atoms with van der Waals surface area (Å²) < 4.78 is 39.1. The Morgan fingerprint density at radius 1 is 1.27 bits per heavy atom. The highest BCUT2D eigenvalue weighted by molar-refractivity contribution is 9.10. The Morgan fingerprint density at radius 2 is 2.00 bits per heavy atom. The quantitative estimate of drug-likeness (QED) is 0.709. The van der Waals surface area contributed by atoms with E-state index in [0.29, 0.717) is 12.3 Å². The average molecular weight is 442 g/mol. The van der Waals surface area contributed by atoms with Crippen molar-refractivity contribution in [3.05, 3.63) is 40.6 Å². The number of hydrogen-bond acceptors (Lipinski definition) is 6. The van der Waals surface area contributed by atoms with E-state index in [1.54, 1.807) is 37.7 Å². The summed E-state index contributed by atoms with van der Waals surface area (Å²) in [7, 11) is -2.03. The second kappa shape index (κ2) is 7.89. The van der Waals surface area contributed by atoms with Crippen LogP contribution in [0.25, 0.3) is 0 Å². The number of benzene rings is 1. The molecule has 0 aliphatic carbocycles. The van der Waals surface area contributed by atoms with Gasteiger partial charge in [0.05, 0.1) is 23.0 Å². The highest BCUT2D eigenvalue weighted by Gasteiger charge is 2.31. The number of rotatable bonds is 5. The van der Waals surface area contributed by atoms with E-state index < -0.39 is 10.0 Å². The molecule has 1 unspecified atom stereocenters. The van der Waals surface area contributed by atoms with Crippen molar-refractivity contribution < 1.29 is 17.9 Å². The molecule has 2 aromatic rings. The van der Waals surface area contributed by atoms with Gasteiger partial charge < -0.3 is 9.47 Å². The van der Waals surface area contributed by atoms with Crippen LogP contribution in [0.2, 0.25) is 0 Å². The van der Waals surface area contributed by atoms with E-state index in [4.69, 9.17) is 9.47 Å². The van der Waals surface area contributed by atoms with Crippen LogP contribution < -0.4 is 9.47 Å². The van der Waals surface area contributed by atoms with Gasteiger partial charge >= 0.3 is 6.01 Å². The van der Waals surface area contributed by atoms with Crippen molar-refractivity contribution in [2.24, 2.45) is 0 Å². The number of methoxy groups -OCH3 is 1. The molecule has 1 aliphatic rings. The van der Waals surface area contributed by atoms with Crippen molar-refractivity contribution in [1.29, 1.82) is 0 Å². The van der Waals surface area contributed by atoms with Gasteiger partial charge in [0.1, 0.15) is 11.9 Å². The molecule has 0 spiro atoms. The summed E-state index contributed by atoms with van der Waals surface area (Å²) in [6.07, 6.45) is 4.39. The van der Waals surface area contributed by atoms with Crippen molar-refractivity contribution in [2.45, 2.75) is 30.8 Å². The summed E-state index contributed by atoms with van der Waals surface area (Å²) in [6, 6.07) is 5.13. The minimum Gasteiger partial charge on any atom is -0.496 e. The number of ether oxygens (including phenoxy) is 2. The zero-order chi connectivity index (χ0) is 18.7. The molecule has 0 bridgehead atoms. The maximum absolute atomic E-state index is 13.0. The first-order valence-electron chi connectivity index (χ1n) is 8.19. The van der Waals surface area contributed by atoms with Crippen LogP contribution in [0.4, 0.5) is 0 Å². The number of hydrogen-bond donors (Lipinski definition) is 0. The second-order valence-electron chi connectivity index (χ2n) is 6.06. The molecule has 1 aliphatic heterocycles. The van der Waals surface area contributed by atoms with Gasteiger partial charge in [0.15, 0.2) is 0 Å². The molecule has 140 valence electrons. The van der Waals surface area contributed by atoms with Crippen molar-refractivity contribution in [1.82, 2.24) is 14.3 Å². The first-order chi connectivity index (χ1) is 12.4. The first kappa shape index (κ1) is 19.1. The summed E-state index contributed by atoms with van der Waals surface area (Å²) in [4.78, 5) is 8.43. The third-order valence-corrected chi connectivity index (χ3v) is 6.48. The van der Waals surface area contributed by atoms with Crippen LogP contribution in [-0.4, -0.2) is 49.0 Å². The normalized spacial score (nSPS) is 18.5. The highest BCUT2D eigenvalue weighted by atomic mass is 79.9. The summed E-state index contributed by atoms with van der Waals surface area (Å²) in [5, 5.41) is 0. The zero-order valence-corrected chi connectivity index (χ0v) is 17.0. The molecule has 0 amide bonds. The monoisotopic (exact) mass is 441 g/mol. The number of halogens is 1. The van der Waals surface area contributed by atoms with Crippen LogP contribution in [0.5, 0.6) is 11.8 Å². The lowest BCUT2D eigenvalue weighted by molar-refractivity contribution is 0.119. The maximum atomic E-state index is 13.0. The van der Waals surface area contributed by atoms with Gasteiger partial charge in [0.2, 0.25) is 10.0 Å². The van der Waals surface area contributed by atoms with E-state index in [-0.39, 0.29) is 23.6 Å². The van der Waals surface area contributed by atoms with E-state index in [1.807, 2.05) is 6.92 Å².